The van der Waals surface area contributed by atoms with Crippen LogP contribution in [-0.4, -0.2) is 24.7 Å². The molecule has 0 bridgehead atoms. The van der Waals surface area contributed by atoms with Gasteiger partial charge >= 0.3 is 0 Å². The van der Waals surface area contributed by atoms with E-state index in [1.807, 2.05) is 12.1 Å². The van der Waals surface area contributed by atoms with Crippen molar-refractivity contribution in [1.29, 1.82) is 0 Å². The van der Waals surface area contributed by atoms with Crippen molar-refractivity contribution < 1.29 is 4.39 Å². The van der Waals surface area contributed by atoms with E-state index in [0.717, 1.165) is 31.6 Å². The monoisotopic (exact) mass is 278 g/mol. The van der Waals surface area contributed by atoms with Crippen LogP contribution < -0.4 is 10.2 Å². The fraction of sp³-hybridized carbons (Fsp3) is 0.647. The molecule has 1 N–H and O–H groups in total. The molecule has 1 heterocycles. The maximum Gasteiger partial charge on any atom is 0.123 e. The lowest BCUT2D eigenvalue weighted by Crippen LogP contribution is -2.65. The molecular formula is C17H27FN2. The zero-order chi connectivity index (χ0) is 14.8. The molecule has 1 atom stereocenters. The third kappa shape index (κ3) is 2.98. The predicted molar refractivity (Wildman–Crippen MR) is 83.7 cm³/mol. The largest absolute Gasteiger partial charge is 0.365 e. The maximum absolute atomic E-state index is 13.2. The van der Waals surface area contributed by atoms with Gasteiger partial charge < -0.3 is 10.2 Å². The molecule has 1 aliphatic rings. The molecule has 1 aromatic rings. The molecule has 1 fully saturated rings. The number of nitrogens with zero attached hydrogens (tertiary/aromatic N) is 1. The lowest BCUT2D eigenvalue weighted by atomic mass is 9.86. The summed E-state index contributed by atoms with van der Waals surface area (Å²) in [6.45, 7) is 11.0. The standard InChI is InChI=1S/C17H27FN2/c1-5-17(6-2)12-20(16(11-19-17)13(3)4)15-9-7-14(18)8-10-15/h7-10,13,16,19H,5-6,11-12H2,1-4H3. The van der Waals surface area contributed by atoms with E-state index >= 15 is 0 Å². The normalized spacial score (nSPS) is 22.3. The molecule has 1 unspecified atom stereocenters. The second-order valence-electron chi connectivity index (χ2n) is 6.28. The number of anilines is 1. The summed E-state index contributed by atoms with van der Waals surface area (Å²) in [5.41, 5.74) is 1.32. The van der Waals surface area contributed by atoms with Gasteiger partial charge in [-0.25, -0.2) is 4.39 Å². The smallest absolute Gasteiger partial charge is 0.123 e. The van der Waals surface area contributed by atoms with E-state index in [9.17, 15) is 4.39 Å². The predicted octanol–water partition coefficient (Wildman–Crippen LogP) is 3.82. The van der Waals surface area contributed by atoms with Crippen molar-refractivity contribution in [2.24, 2.45) is 5.92 Å². The van der Waals surface area contributed by atoms with Crippen LogP contribution in [-0.2, 0) is 0 Å². The lowest BCUT2D eigenvalue weighted by Gasteiger charge is -2.50. The molecule has 2 nitrogen and oxygen atoms in total. The van der Waals surface area contributed by atoms with Crippen molar-refractivity contribution in [1.82, 2.24) is 5.32 Å². The highest BCUT2D eigenvalue weighted by Crippen LogP contribution is 2.30. The molecule has 1 aromatic carbocycles. The van der Waals surface area contributed by atoms with Gasteiger partial charge in [-0.3, -0.25) is 0 Å². The summed E-state index contributed by atoms with van der Waals surface area (Å²) in [5, 5.41) is 3.76. The van der Waals surface area contributed by atoms with Crippen LogP contribution in [0.25, 0.3) is 0 Å². The van der Waals surface area contributed by atoms with Crippen molar-refractivity contribution in [2.75, 3.05) is 18.0 Å². The Hall–Kier alpha value is -1.09. The molecule has 0 aliphatic carbocycles. The fourth-order valence-corrected chi connectivity index (χ4v) is 3.17. The Morgan fingerprint density at radius 3 is 2.35 bits per heavy atom. The first kappa shape index (κ1) is 15.3. The molecule has 20 heavy (non-hydrogen) atoms. The average Bonchev–Trinajstić information content (AvgIpc) is 2.47. The number of benzene rings is 1. The van der Waals surface area contributed by atoms with Crippen LogP contribution in [0.15, 0.2) is 24.3 Å². The highest BCUT2D eigenvalue weighted by Gasteiger charge is 2.37. The Kier molecular flexibility index (Phi) is 4.69. The minimum absolute atomic E-state index is 0.165. The summed E-state index contributed by atoms with van der Waals surface area (Å²) in [7, 11) is 0. The summed E-state index contributed by atoms with van der Waals surface area (Å²) in [5.74, 6) is 0.404. The quantitative estimate of drug-likeness (QED) is 0.900. The molecule has 2 rings (SSSR count). The third-order valence-corrected chi connectivity index (χ3v) is 4.84. The minimum Gasteiger partial charge on any atom is -0.365 e. The van der Waals surface area contributed by atoms with Crippen LogP contribution in [0.2, 0.25) is 0 Å². The molecule has 0 radical (unpaired) electrons. The van der Waals surface area contributed by atoms with E-state index in [0.29, 0.717) is 12.0 Å². The van der Waals surface area contributed by atoms with Gasteiger partial charge in [0, 0.05) is 30.4 Å². The van der Waals surface area contributed by atoms with Gasteiger partial charge in [0.2, 0.25) is 0 Å². The van der Waals surface area contributed by atoms with E-state index in [4.69, 9.17) is 0 Å². The molecule has 0 amide bonds. The van der Waals surface area contributed by atoms with Gasteiger partial charge in [0.25, 0.3) is 0 Å². The fourth-order valence-electron chi connectivity index (χ4n) is 3.17. The number of rotatable bonds is 4. The van der Waals surface area contributed by atoms with Crippen molar-refractivity contribution in [2.45, 2.75) is 52.1 Å². The van der Waals surface area contributed by atoms with E-state index in [1.54, 1.807) is 12.1 Å². The van der Waals surface area contributed by atoms with Crippen LogP contribution in [0, 0.1) is 11.7 Å². The first-order valence-electron chi connectivity index (χ1n) is 7.78. The van der Waals surface area contributed by atoms with Crippen molar-refractivity contribution in [3.63, 3.8) is 0 Å². The average molecular weight is 278 g/mol. The first-order valence-corrected chi connectivity index (χ1v) is 7.78. The van der Waals surface area contributed by atoms with Gasteiger partial charge in [0.15, 0.2) is 0 Å². The zero-order valence-electron chi connectivity index (χ0n) is 13.1. The van der Waals surface area contributed by atoms with E-state index in [-0.39, 0.29) is 11.4 Å². The number of piperazine rings is 1. The summed E-state index contributed by atoms with van der Waals surface area (Å²) in [4.78, 5) is 2.47. The molecule has 112 valence electrons. The molecular weight excluding hydrogens is 251 g/mol. The van der Waals surface area contributed by atoms with Crippen LogP contribution in [0.4, 0.5) is 10.1 Å². The summed E-state index contributed by atoms with van der Waals surface area (Å²) in [6, 6.07) is 7.41. The molecule has 1 aliphatic heterocycles. The van der Waals surface area contributed by atoms with Gasteiger partial charge in [-0.1, -0.05) is 27.7 Å². The van der Waals surface area contributed by atoms with Crippen molar-refractivity contribution in [3.05, 3.63) is 30.1 Å². The Balaban J connectivity index is 2.29. The highest BCUT2D eigenvalue weighted by molar-refractivity contribution is 5.49. The SMILES string of the molecule is CCC1(CC)CN(c2ccc(F)cc2)C(C(C)C)CN1. The third-order valence-electron chi connectivity index (χ3n) is 4.84. The van der Waals surface area contributed by atoms with Gasteiger partial charge in [-0.15, -0.1) is 0 Å². The minimum atomic E-state index is -0.165. The summed E-state index contributed by atoms with van der Waals surface area (Å²) < 4.78 is 13.2. The van der Waals surface area contributed by atoms with Crippen LogP contribution in [0.1, 0.15) is 40.5 Å². The van der Waals surface area contributed by atoms with E-state index < -0.39 is 0 Å². The maximum atomic E-state index is 13.2. The number of nitrogens with one attached hydrogen (secondary N) is 1. The molecule has 3 heteroatoms. The van der Waals surface area contributed by atoms with Gasteiger partial charge in [-0.2, -0.15) is 0 Å². The lowest BCUT2D eigenvalue weighted by molar-refractivity contribution is 0.227. The molecule has 0 aromatic heterocycles. The Morgan fingerprint density at radius 2 is 1.85 bits per heavy atom. The van der Waals surface area contributed by atoms with Crippen molar-refractivity contribution in [3.8, 4) is 0 Å². The molecule has 0 saturated carbocycles. The molecule has 0 spiro atoms. The zero-order valence-corrected chi connectivity index (χ0v) is 13.1. The number of hydrogen-bond acceptors (Lipinski definition) is 2. The van der Waals surface area contributed by atoms with Crippen LogP contribution >= 0.6 is 0 Å². The highest BCUT2D eigenvalue weighted by atomic mass is 19.1. The van der Waals surface area contributed by atoms with Crippen LogP contribution in [0.3, 0.4) is 0 Å². The van der Waals surface area contributed by atoms with Gasteiger partial charge in [0.05, 0.1) is 0 Å². The van der Waals surface area contributed by atoms with Crippen molar-refractivity contribution >= 4 is 5.69 Å². The Morgan fingerprint density at radius 1 is 1.25 bits per heavy atom. The topological polar surface area (TPSA) is 15.3 Å². The Bertz CT molecular complexity index is 423. The van der Waals surface area contributed by atoms with Gasteiger partial charge in [0.1, 0.15) is 5.82 Å². The number of halogens is 1. The van der Waals surface area contributed by atoms with Gasteiger partial charge in [-0.05, 0) is 43.0 Å². The van der Waals surface area contributed by atoms with Crippen LogP contribution in [0.5, 0.6) is 0 Å². The van der Waals surface area contributed by atoms with E-state index in [2.05, 4.69) is 37.9 Å². The summed E-state index contributed by atoms with van der Waals surface area (Å²) in [6.07, 6.45) is 2.23. The second kappa shape index (κ2) is 6.13. The summed E-state index contributed by atoms with van der Waals surface area (Å²) >= 11 is 0. The second-order valence-corrected chi connectivity index (χ2v) is 6.28. The Labute approximate surface area is 122 Å². The first-order chi connectivity index (χ1) is 9.51. The number of hydrogen-bond donors (Lipinski definition) is 1. The molecule has 1 saturated heterocycles. The van der Waals surface area contributed by atoms with E-state index in [1.165, 1.54) is 0 Å².